The van der Waals surface area contributed by atoms with Crippen molar-refractivity contribution in [1.29, 1.82) is 0 Å². The van der Waals surface area contributed by atoms with E-state index in [1.807, 2.05) is 35.7 Å². The molecule has 0 amide bonds. The molecule has 5 rings (SSSR count). The van der Waals surface area contributed by atoms with Crippen molar-refractivity contribution in [3.05, 3.63) is 36.3 Å². The molecule has 7 nitrogen and oxygen atoms in total. The van der Waals surface area contributed by atoms with E-state index in [-0.39, 0.29) is 13.1 Å². The van der Waals surface area contributed by atoms with Gasteiger partial charge in [0.05, 0.1) is 49.6 Å². The van der Waals surface area contributed by atoms with Crippen molar-refractivity contribution in [2.75, 3.05) is 49.2 Å². The average molecular weight is 414 g/mol. The van der Waals surface area contributed by atoms with Crippen molar-refractivity contribution < 1.29 is 13.5 Å². The van der Waals surface area contributed by atoms with E-state index in [2.05, 4.69) is 21.8 Å². The SMILES string of the molecule is Cc1cc(-c2cnc3ccc(N4CC(F)(F)C4)cn23)nc(N2CCOCC(C)C2)n1. The summed E-state index contributed by atoms with van der Waals surface area (Å²) in [5.41, 5.74) is 3.92. The third-order valence-electron chi connectivity index (χ3n) is 5.53. The van der Waals surface area contributed by atoms with Gasteiger partial charge in [-0.3, -0.25) is 4.40 Å². The quantitative estimate of drug-likeness (QED) is 0.657. The topological polar surface area (TPSA) is 58.8 Å². The molecule has 0 saturated carbocycles. The number of rotatable bonds is 3. The lowest BCUT2D eigenvalue weighted by Crippen LogP contribution is -2.56. The number of aryl methyl sites for hydroxylation is 1. The van der Waals surface area contributed by atoms with Crippen molar-refractivity contribution >= 4 is 17.3 Å². The minimum absolute atomic E-state index is 0.255. The molecule has 0 aliphatic carbocycles. The number of hydrogen-bond acceptors (Lipinski definition) is 6. The van der Waals surface area contributed by atoms with E-state index in [0.29, 0.717) is 18.5 Å². The fourth-order valence-electron chi connectivity index (χ4n) is 4.03. The highest BCUT2D eigenvalue weighted by molar-refractivity contribution is 5.64. The van der Waals surface area contributed by atoms with Crippen molar-refractivity contribution in [3.63, 3.8) is 0 Å². The minimum Gasteiger partial charge on any atom is -0.379 e. The van der Waals surface area contributed by atoms with E-state index < -0.39 is 5.92 Å². The molecule has 9 heteroatoms. The molecule has 2 fully saturated rings. The van der Waals surface area contributed by atoms with E-state index >= 15 is 0 Å². The molecular weight excluding hydrogens is 390 g/mol. The third kappa shape index (κ3) is 3.58. The van der Waals surface area contributed by atoms with Gasteiger partial charge >= 0.3 is 0 Å². The van der Waals surface area contributed by atoms with Crippen LogP contribution in [0, 0.1) is 12.8 Å². The Morgan fingerprint density at radius 3 is 2.80 bits per heavy atom. The fraction of sp³-hybridized carbons (Fsp3) is 0.476. The maximum Gasteiger partial charge on any atom is 0.282 e. The Hall–Kier alpha value is -2.81. The average Bonchev–Trinajstić information content (AvgIpc) is 2.98. The first kappa shape index (κ1) is 19.2. The number of alkyl halides is 2. The molecule has 0 N–H and O–H groups in total. The van der Waals surface area contributed by atoms with Crippen molar-refractivity contribution in [3.8, 4) is 11.4 Å². The normalized spacial score (nSPS) is 21.5. The summed E-state index contributed by atoms with van der Waals surface area (Å²) >= 11 is 0. The van der Waals surface area contributed by atoms with Crippen molar-refractivity contribution in [2.45, 2.75) is 19.8 Å². The third-order valence-corrected chi connectivity index (χ3v) is 5.53. The largest absolute Gasteiger partial charge is 0.379 e. The summed E-state index contributed by atoms with van der Waals surface area (Å²) in [6.07, 6.45) is 3.62. The standard InChI is InChI=1S/C21H24F2N6O/c1-14-9-27(5-6-30-11-14)20-25-15(2)7-17(26-20)18-8-24-19-4-3-16(10-29(18)19)28-12-21(22,23)13-28/h3-4,7-8,10,14H,5-6,9,11-13H2,1-2H3. The highest BCUT2D eigenvalue weighted by atomic mass is 19.3. The van der Waals surface area contributed by atoms with Crippen LogP contribution in [0.2, 0.25) is 0 Å². The Labute approximate surface area is 173 Å². The smallest absolute Gasteiger partial charge is 0.282 e. The zero-order chi connectivity index (χ0) is 20.9. The molecule has 1 atom stereocenters. The van der Waals surface area contributed by atoms with E-state index in [4.69, 9.17) is 9.72 Å². The molecule has 1 unspecified atom stereocenters. The zero-order valence-corrected chi connectivity index (χ0v) is 17.1. The van der Waals surface area contributed by atoms with Gasteiger partial charge < -0.3 is 14.5 Å². The maximum atomic E-state index is 13.3. The second-order valence-electron chi connectivity index (χ2n) is 8.29. The highest BCUT2D eigenvalue weighted by Gasteiger charge is 2.44. The second kappa shape index (κ2) is 7.16. The van der Waals surface area contributed by atoms with Crippen LogP contribution in [-0.4, -0.2) is 64.7 Å². The first-order valence-corrected chi connectivity index (χ1v) is 10.2. The van der Waals surface area contributed by atoms with Gasteiger partial charge in [0.15, 0.2) is 0 Å². The lowest BCUT2D eigenvalue weighted by atomic mass is 10.1. The lowest BCUT2D eigenvalue weighted by Gasteiger charge is -2.40. The van der Waals surface area contributed by atoms with Gasteiger partial charge in [-0.2, -0.15) is 0 Å². The molecule has 2 aliphatic rings. The summed E-state index contributed by atoms with van der Waals surface area (Å²) in [6, 6.07) is 5.60. The summed E-state index contributed by atoms with van der Waals surface area (Å²) < 4.78 is 34.2. The fourth-order valence-corrected chi connectivity index (χ4v) is 4.03. The molecule has 0 aromatic carbocycles. The van der Waals surface area contributed by atoms with Crippen LogP contribution < -0.4 is 9.80 Å². The predicted molar refractivity (Wildman–Crippen MR) is 110 cm³/mol. The van der Waals surface area contributed by atoms with Crippen LogP contribution in [0.1, 0.15) is 12.6 Å². The van der Waals surface area contributed by atoms with E-state index in [0.717, 1.165) is 48.1 Å². The van der Waals surface area contributed by atoms with E-state index in [9.17, 15) is 8.78 Å². The number of halogens is 2. The molecule has 3 aromatic rings. The number of ether oxygens (including phenoxy) is 1. The number of fused-ring (bicyclic) bond motifs is 1. The maximum absolute atomic E-state index is 13.3. The van der Waals surface area contributed by atoms with Crippen LogP contribution in [0.3, 0.4) is 0 Å². The van der Waals surface area contributed by atoms with Gasteiger partial charge in [-0.1, -0.05) is 6.92 Å². The molecule has 0 radical (unpaired) electrons. The summed E-state index contributed by atoms with van der Waals surface area (Å²) in [6.45, 7) is 6.56. The summed E-state index contributed by atoms with van der Waals surface area (Å²) in [7, 11) is 0. The molecule has 2 saturated heterocycles. The Kier molecular flexibility index (Phi) is 4.57. The Morgan fingerprint density at radius 1 is 1.17 bits per heavy atom. The number of imidazole rings is 1. The molecule has 0 bridgehead atoms. The minimum atomic E-state index is -2.61. The molecule has 0 spiro atoms. The van der Waals surface area contributed by atoms with Gasteiger partial charge in [-0.05, 0) is 31.0 Å². The number of pyridine rings is 1. The van der Waals surface area contributed by atoms with Gasteiger partial charge in [0.1, 0.15) is 5.65 Å². The summed E-state index contributed by atoms with van der Waals surface area (Å²) in [4.78, 5) is 17.8. The molecule has 5 heterocycles. The van der Waals surface area contributed by atoms with Crippen molar-refractivity contribution in [1.82, 2.24) is 19.4 Å². The Morgan fingerprint density at radius 2 is 2.00 bits per heavy atom. The number of hydrogen-bond donors (Lipinski definition) is 0. The summed E-state index contributed by atoms with van der Waals surface area (Å²) in [5, 5.41) is 0. The van der Waals surface area contributed by atoms with Crippen LogP contribution in [0.5, 0.6) is 0 Å². The van der Waals surface area contributed by atoms with Gasteiger partial charge in [-0.15, -0.1) is 0 Å². The monoisotopic (exact) mass is 414 g/mol. The number of anilines is 2. The molecular formula is C21H24F2N6O. The van der Waals surface area contributed by atoms with Gasteiger partial charge in [0.25, 0.3) is 5.92 Å². The molecule has 30 heavy (non-hydrogen) atoms. The van der Waals surface area contributed by atoms with Gasteiger partial charge in [0, 0.05) is 25.0 Å². The van der Waals surface area contributed by atoms with Crippen LogP contribution >= 0.6 is 0 Å². The first-order valence-electron chi connectivity index (χ1n) is 10.2. The predicted octanol–water partition coefficient (Wildman–Crippen LogP) is 3.03. The molecule has 3 aromatic heterocycles. The van der Waals surface area contributed by atoms with Crippen molar-refractivity contribution in [2.24, 2.45) is 5.92 Å². The second-order valence-corrected chi connectivity index (χ2v) is 8.29. The van der Waals surface area contributed by atoms with Crippen LogP contribution in [-0.2, 0) is 4.74 Å². The molecule has 2 aliphatic heterocycles. The number of aromatic nitrogens is 4. The zero-order valence-electron chi connectivity index (χ0n) is 17.1. The Balaban J connectivity index is 1.51. The first-order chi connectivity index (χ1) is 14.4. The van der Waals surface area contributed by atoms with E-state index in [1.54, 1.807) is 11.1 Å². The molecule has 158 valence electrons. The lowest BCUT2D eigenvalue weighted by molar-refractivity contribution is -0.0262. The van der Waals surface area contributed by atoms with Gasteiger partial charge in [0.2, 0.25) is 5.95 Å². The van der Waals surface area contributed by atoms with Gasteiger partial charge in [-0.25, -0.2) is 23.7 Å². The number of nitrogens with zero attached hydrogens (tertiary/aromatic N) is 6. The highest BCUT2D eigenvalue weighted by Crippen LogP contribution is 2.32. The van der Waals surface area contributed by atoms with Crippen LogP contribution in [0.15, 0.2) is 30.6 Å². The summed E-state index contributed by atoms with van der Waals surface area (Å²) in [5.74, 6) is -1.54. The van der Waals surface area contributed by atoms with E-state index in [1.165, 1.54) is 0 Å². The Bertz CT molecular complexity index is 1080. The van der Waals surface area contributed by atoms with Crippen LogP contribution in [0.4, 0.5) is 20.4 Å². The van der Waals surface area contributed by atoms with Crippen LogP contribution in [0.25, 0.3) is 17.0 Å².